The summed E-state index contributed by atoms with van der Waals surface area (Å²) in [6.45, 7) is -0.0295. The normalized spacial score (nSPS) is 10.6. The van der Waals surface area contributed by atoms with Gasteiger partial charge in [0.1, 0.15) is 6.54 Å². The Bertz CT molecular complexity index is 998. The van der Waals surface area contributed by atoms with Crippen molar-refractivity contribution in [2.75, 3.05) is 11.4 Å². The zero-order chi connectivity index (χ0) is 18.5. The summed E-state index contributed by atoms with van der Waals surface area (Å²) in [6, 6.07) is 15.9. The Morgan fingerprint density at radius 3 is 2.46 bits per heavy atom. The average Bonchev–Trinajstić information content (AvgIpc) is 2.65. The minimum absolute atomic E-state index is 0.0332. The Kier molecular flexibility index (Phi) is 5.07. The highest BCUT2D eigenvalue weighted by atomic mass is 16.2. The third kappa shape index (κ3) is 3.77. The van der Waals surface area contributed by atoms with Crippen molar-refractivity contribution in [1.82, 2.24) is 9.55 Å². The van der Waals surface area contributed by atoms with Crippen LogP contribution in [0.1, 0.15) is 6.42 Å². The molecule has 0 aliphatic heterocycles. The predicted molar refractivity (Wildman–Crippen MR) is 98.6 cm³/mol. The van der Waals surface area contributed by atoms with Gasteiger partial charge in [0.2, 0.25) is 11.8 Å². The van der Waals surface area contributed by atoms with Gasteiger partial charge in [-0.3, -0.25) is 19.0 Å². The van der Waals surface area contributed by atoms with E-state index < -0.39 is 5.91 Å². The molecule has 0 unspecified atom stereocenters. The minimum atomic E-state index is -0.497. The van der Waals surface area contributed by atoms with Crippen molar-refractivity contribution in [2.45, 2.75) is 13.0 Å². The van der Waals surface area contributed by atoms with Crippen LogP contribution < -0.4 is 16.2 Å². The molecule has 0 aliphatic carbocycles. The maximum atomic E-state index is 12.8. The van der Waals surface area contributed by atoms with Crippen LogP contribution in [-0.4, -0.2) is 27.9 Å². The summed E-state index contributed by atoms with van der Waals surface area (Å²) in [4.78, 5) is 42.2. The van der Waals surface area contributed by atoms with E-state index in [0.717, 1.165) is 0 Å². The number of nitrogens with zero attached hydrogens (tertiary/aromatic N) is 3. The molecule has 2 N–H and O–H groups in total. The molecule has 7 nitrogen and oxygen atoms in total. The third-order valence-corrected chi connectivity index (χ3v) is 3.99. The molecule has 0 bridgehead atoms. The van der Waals surface area contributed by atoms with Gasteiger partial charge in [-0.1, -0.05) is 30.3 Å². The van der Waals surface area contributed by atoms with Crippen molar-refractivity contribution in [1.29, 1.82) is 0 Å². The summed E-state index contributed by atoms with van der Waals surface area (Å²) < 4.78 is 1.27. The van der Waals surface area contributed by atoms with Crippen LogP contribution in [0.25, 0.3) is 10.9 Å². The minimum Gasteiger partial charge on any atom is -0.370 e. The Balaban J connectivity index is 1.89. The summed E-state index contributed by atoms with van der Waals surface area (Å²) in [6.07, 6.45) is 1.39. The van der Waals surface area contributed by atoms with Crippen molar-refractivity contribution in [3.63, 3.8) is 0 Å². The van der Waals surface area contributed by atoms with Gasteiger partial charge < -0.3 is 10.6 Å². The summed E-state index contributed by atoms with van der Waals surface area (Å²) in [5.41, 5.74) is 6.15. The molecule has 1 aromatic heterocycles. The SMILES string of the molecule is NC(=O)CCN(C(=O)Cn1cnc2ccccc2c1=O)c1ccccc1. The maximum absolute atomic E-state index is 12.8. The molecule has 0 saturated carbocycles. The van der Waals surface area contributed by atoms with E-state index in [2.05, 4.69) is 4.98 Å². The van der Waals surface area contributed by atoms with Crippen molar-refractivity contribution < 1.29 is 9.59 Å². The highest BCUT2D eigenvalue weighted by molar-refractivity contribution is 5.94. The number of carbonyl (C=O) groups is 2. The van der Waals surface area contributed by atoms with Gasteiger partial charge in [0, 0.05) is 18.7 Å². The van der Waals surface area contributed by atoms with Crippen LogP contribution in [-0.2, 0) is 16.1 Å². The van der Waals surface area contributed by atoms with E-state index in [1.54, 1.807) is 48.5 Å². The van der Waals surface area contributed by atoms with Gasteiger partial charge in [-0.25, -0.2) is 4.98 Å². The first kappa shape index (κ1) is 17.3. The number of fused-ring (bicyclic) bond motifs is 1. The molecular formula is C19H18N4O3. The number of rotatable bonds is 6. The molecule has 2 aromatic carbocycles. The number of carbonyl (C=O) groups excluding carboxylic acids is 2. The highest BCUT2D eigenvalue weighted by Crippen LogP contribution is 2.14. The van der Waals surface area contributed by atoms with Crippen LogP contribution in [0, 0.1) is 0 Å². The molecule has 0 atom stereocenters. The first-order chi connectivity index (χ1) is 12.6. The lowest BCUT2D eigenvalue weighted by Crippen LogP contribution is -2.38. The number of hydrogen-bond acceptors (Lipinski definition) is 4. The van der Waals surface area contributed by atoms with Crippen LogP contribution in [0.5, 0.6) is 0 Å². The number of amides is 2. The quantitative estimate of drug-likeness (QED) is 0.724. The number of primary amides is 1. The van der Waals surface area contributed by atoms with Crippen LogP contribution in [0.4, 0.5) is 5.69 Å². The second-order valence-corrected chi connectivity index (χ2v) is 5.79. The van der Waals surface area contributed by atoms with Crippen molar-refractivity contribution in [3.8, 4) is 0 Å². The van der Waals surface area contributed by atoms with E-state index in [9.17, 15) is 14.4 Å². The van der Waals surface area contributed by atoms with E-state index in [0.29, 0.717) is 16.6 Å². The van der Waals surface area contributed by atoms with E-state index in [1.807, 2.05) is 6.07 Å². The number of hydrogen-bond donors (Lipinski definition) is 1. The molecule has 0 radical (unpaired) electrons. The fourth-order valence-electron chi connectivity index (χ4n) is 2.68. The maximum Gasteiger partial charge on any atom is 0.261 e. The summed E-state index contributed by atoms with van der Waals surface area (Å²) in [7, 11) is 0. The first-order valence-corrected chi connectivity index (χ1v) is 8.14. The van der Waals surface area contributed by atoms with Crippen LogP contribution in [0.15, 0.2) is 65.7 Å². The first-order valence-electron chi connectivity index (χ1n) is 8.14. The van der Waals surface area contributed by atoms with Gasteiger partial charge in [0.25, 0.3) is 5.56 Å². The van der Waals surface area contributed by atoms with E-state index >= 15 is 0 Å². The molecule has 0 aliphatic rings. The number of aromatic nitrogens is 2. The fraction of sp³-hybridized carbons (Fsp3) is 0.158. The number of benzene rings is 2. The molecule has 0 saturated heterocycles. The standard InChI is InChI=1S/C19H18N4O3/c20-17(24)10-11-23(14-6-2-1-3-7-14)18(25)12-22-13-21-16-9-5-4-8-15(16)19(22)26/h1-9,13H,10-12H2,(H2,20,24). The Labute approximate surface area is 149 Å². The van der Waals surface area contributed by atoms with Crippen LogP contribution in [0.2, 0.25) is 0 Å². The zero-order valence-corrected chi connectivity index (χ0v) is 14.0. The molecular weight excluding hydrogens is 332 g/mol. The summed E-state index contributed by atoms with van der Waals surface area (Å²) >= 11 is 0. The van der Waals surface area contributed by atoms with E-state index in [-0.39, 0.29) is 31.0 Å². The lowest BCUT2D eigenvalue weighted by Gasteiger charge is -2.22. The molecule has 132 valence electrons. The molecule has 2 amide bonds. The second kappa shape index (κ2) is 7.60. The van der Waals surface area contributed by atoms with Crippen molar-refractivity contribution in [3.05, 3.63) is 71.3 Å². The summed E-state index contributed by atoms with van der Waals surface area (Å²) in [5.74, 6) is -0.820. The van der Waals surface area contributed by atoms with Crippen molar-refractivity contribution in [2.24, 2.45) is 5.73 Å². The Hall–Kier alpha value is -3.48. The van der Waals surface area contributed by atoms with Crippen molar-refractivity contribution >= 4 is 28.4 Å². The second-order valence-electron chi connectivity index (χ2n) is 5.79. The van der Waals surface area contributed by atoms with Gasteiger partial charge in [0.05, 0.1) is 17.2 Å². The number of anilines is 1. The average molecular weight is 350 g/mol. The van der Waals surface area contributed by atoms with Crippen LogP contribution >= 0.6 is 0 Å². The van der Waals surface area contributed by atoms with E-state index in [4.69, 9.17) is 5.73 Å². The highest BCUT2D eigenvalue weighted by Gasteiger charge is 2.18. The smallest absolute Gasteiger partial charge is 0.261 e. The Morgan fingerprint density at radius 2 is 1.73 bits per heavy atom. The fourth-order valence-corrected chi connectivity index (χ4v) is 2.68. The molecule has 26 heavy (non-hydrogen) atoms. The lowest BCUT2D eigenvalue weighted by atomic mass is 10.2. The van der Waals surface area contributed by atoms with Gasteiger partial charge >= 0.3 is 0 Å². The van der Waals surface area contributed by atoms with Gasteiger partial charge in [0.15, 0.2) is 0 Å². The van der Waals surface area contributed by atoms with Crippen LogP contribution in [0.3, 0.4) is 0 Å². The summed E-state index contributed by atoms with van der Waals surface area (Å²) in [5, 5.41) is 0.450. The number of nitrogens with two attached hydrogens (primary N) is 1. The van der Waals surface area contributed by atoms with Gasteiger partial charge in [-0.2, -0.15) is 0 Å². The number of para-hydroxylation sites is 2. The largest absolute Gasteiger partial charge is 0.370 e. The van der Waals surface area contributed by atoms with Gasteiger partial charge in [-0.05, 0) is 24.3 Å². The zero-order valence-electron chi connectivity index (χ0n) is 14.0. The lowest BCUT2D eigenvalue weighted by molar-refractivity contribution is -0.119. The van der Waals surface area contributed by atoms with E-state index in [1.165, 1.54) is 15.8 Å². The predicted octanol–water partition coefficient (Wildman–Crippen LogP) is 1.31. The Morgan fingerprint density at radius 1 is 1.04 bits per heavy atom. The molecule has 0 fully saturated rings. The molecule has 3 aromatic rings. The van der Waals surface area contributed by atoms with Gasteiger partial charge in [-0.15, -0.1) is 0 Å². The monoisotopic (exact) mass is 350 g/mol. The molecule has 0 spiro atoms. The molecule has 1 heterocycles. The molecule has 3 rings (SSSR count). The topological polar surface area (TPSA) is 98.3 Å². The third-order valence-electron chi connectivity index (χ3n) is 3.99. The molecule has 7 heteroatoms.